The number of hydrogen-bond donors (Lipinski definition) is 0. The average Bonchev–Trinajstić information content (AvgIpc) is 3.01. The quantitative estimate of drug-likeness (QED) is 0.164. The molecule has 0 heterocycles. The van der Waals surface area contributed by atoms with Crippen LogP contribution in [-0.4, -0.2) is 0 Å². The molecule has 0 bridgehead atoms. The maximum absolute atomic E-state index is 2.17. The van der Waals surface area contributed by atoms with E-state index in [2.05, 4.69) is 182 Å². The van der Waals surface area contributed by atoms with E-state index in [0.717, 1.165) is 25.7 Å². The minimum absolute atomic E-state index is 0. The van der Waals surface area contributed by atoms with E-state index in [0.29, 0.717) is 0 Å². The Hall–Kier alpha value is -1.81. The smallest absolute Gasteiger partial charge is 0 e. The van der Waals surface area contributed by atoms with E-state index in [9.17, 15) is 0 Å². The zero-order valence-electron chi connectivity index (χ0n) is 22.2. The predicted octanol–water partition coefficient (Wildman–Crippen LogP) is 6.95. The Morgan fingerprint density at radius 3 is 0.450 bits per heavy atom. The number of hydrogen-bond acceptors (Lipinski definition) is 0. The Balaban J connectivity index is 0.000000163. The molecule has 0 unspecified atom stereocenters. The third-order valence-electron chi connectivity index (χ3n) is 5.51. The second-order valence-electron chi connectivity index (χ2n) is 8.57. The van der Waals surface area contributed by atoms with E-state index in [4.69, 9.17) is 0 Å². The average molecular weight is 711 g/mol. The van der Waals surface area contributed by atoms with Gasteiger partial charge in [-0.3, -0.25) is 0 Å². The molecule has 6 rings (SSSR count). The molecule has 0 aliphatic rings. The topological polar surface area (TPSA) is 0 Å². The largest absolute Gasteiger partial charge is 0.0622 e. The Kier molecular flexibility index (Phi) is 16.5. The van der Waals surface area contributed by atoms with Crippen molar-refractivity contribution in [3.8, 4) is 0 Å². The Morgan fingerprint density at radius 1 is 0.200 bits per heavy atom. The molecule has 199 valence electrons. The van der Waals surface area contributed by atoms with Crippen molar-refractivity contribution in [2.24, 2.45) is 0 Å². The van der Waals surface area contributed by atoms with E-state index in [1.807, 2.05) is 0 Å². The first-order valence-electron chi connectivity index (χ1n) is 13.0. The van der Waals surface area contributed by atoms with Crippen molar-refractivity contribution in [3.05, 3.63) is 182 Å². The SMILES string of the molecule is [Eu].c1ccc(Pc2ccccc2)cc1.c1ccc(Pc2ccccc2)cc1.c1ccc(Pc2ccccc2)cc1. The molecule has 4 heteroatoms. The Labute approximate surface area is 286 Å². The van der Waals surface area contributed by atoms with E-state index in [-0.39, 0.29) is 49.4 Å². The van der Waals surface area contributed by atoms with Crippen molar-refractivity contribution in [1.29, 1.82) is 0 Å². The zero-order chi connectivity index (χ0) is 26.8. The van der Waals surface area contributed by atoms with Gasteiger partial charge < -0.3 is 0 Å². The van der Waals surface area contributed by atoms with Crippen LogP contribution < -0.4 is 31.8 Å². The second kappa shape index (κ2) is 20.1. The van der Waals surface area contributed by atoms with Crippen LogP contribution >= 0.6 is 25.7 Å². The summed E-state index contributed by atoms with van der Waals surface area (Å²) in [5.41, 5.74) is 0. The molecule has 0 saturated carbocycles. The summed E-state index contributed by atoms with van der Waals surface area (Å²) >= 11 is 0. The van der Waals surface area contributed by atoms with Gasteiger partial charge in [-0.15, -0.1) is 0 Å². The third-order valence-corrected chi connectivity index (χ3v) is 9.24. The molecule has 0 spiro atoms. The molecule has 0 fully saturated rings. The van der Waals surface area contributed by atoms with Gasteiger partial charge in [0.1, 0.15) is 0 Å². The summed E-state index contributed by atoms with van der Waals surface area (Å²) in [6.45, 7) is 0. The van der Waals surface area contributed by atoms with Crippen molar-refractivity contribution in [2.75, 3.05) is 0 Å². The van der Waals surface area contributed by atoms with Gasteiger partial charge in [-0.2, -0.15) is 0 Å². The molecule has 40 heavy (non-hydrogen) atoms. The fourth-order valence-electron chi connectivity index (χ4n) is 3.63. The van der Waals surface area contributed by atoms with Crippen LogP contribution in [0.25, 0.3) is 0 Å². The molecule has 0 aliphatic carbocycles. The molecule has 0 atom stereocenters. The van der Waals surface area contributed by atoms with Crippen molar-refractivity contribution in [3.63, 3.8) is 0 Å². The van der Waals surface area contributed by atoms with Crippen LogP contribution in [0.4, 0.5) is 0 Å². The van der Waals surface area contributed by atoms with Gasteiger partial charge in [0.2, 0.25) is 0 Å². The van der Waals surface area contributed by atoms with E-state index >= 15 is 0 Å². The zero-order valence-corrected chi connectivity index (χ0v) is 27.6. The van der Waals surface area contributed by atoms with Gasteiger partial charge in [-0.1, -0.05) is 208 Å². The standard InChI is InChI=1S/3C12H11P.Eu/c3*1-3-7-11(8-4-1)13-12-9-5-2-6-10-12;/h3*1-10,13H;. The third kappa shape index (κ3) is 13.2. The van der Waals surface area contributed by atoms with Gasteiger partial charge in [-0.05, 0) is 31.8 Å². The van der Waals surface area contributed by atoms with Crippen LogP contribution in [0.5, 0.6) is 0 Å². The van der Waals surface area contributed by atoms with Crippen LogP contribution in [0, 0.1) is 49.4 Å². The maximum Gasteiger partial charge on any atom is 0 e. The van der Waals surface area contributed by atoms with Crippen molar-refractivity contribution in [1.82, 2.24) is 0 Å². The van der Waals surface area contributed by atoms with Crippen molar-refractivity contribution >= 4 is 57.6 Å². The molecular formula is C36H33EuP3. The molecule has 0 aliphatic heterocycles. The van der Waals surface area contributed by atoms with Gasteiger partial charge >= 0.3 is 0 Å². The Bertz CT molecular complexity index is 1140. The summed E-state index contributed by atoms with van der Waals surface area (Å²) in [7, 11) is 2.33. The minimum Gasteiger partial charge on any atom is -0.0622 e. The van der Waals surface area contributed by atoms with Crippen LogP contribution in [0.2, 0.25) is 0 Å². The molecule has 0 aromatic heterocycles. The van der Waals surface area contributed by atoms with Crippen LogP contribution in [0.15, 0.2) is 182 Å². The normalized spacial score (nSPS) is 9.60. The molecule has 6 aromatic rings. The number of benzene rings is 6. The van der Waals surface area contributed by atoms with E-state index in [1.165, 1.54) is 31.8 Å². The fourth-order valence-corrected chi connectivity index (χ4v) is 6.78. The van der Waals surface area contributed by atoms with Crippen LogP contribution in [-0.2, 0) is 0 Å². The van der Waals surface area contributed by atoms with Crippen molar-refractivity contribution < 1.29 is 49.4 Å². The van der Waals surface area contributed by atoms with Gasteiger partial charge in [-0.25, -0.2) is 0 Å². The Morgan fingerprint density at radius 2 is 0.325 bits per heavy atom. The molecule has 0 nitrogen and oxygen atoms in total. The summed E-state index contributed by atoms with van der Waals surface area (Å²) in [6, 6.07) is 63.5. The second-order valence-corrected chi connectivity index (χ2v) is 12.8. The van der Waals surface area contributed by atoms with Crippen LogP contribution in [0.3, 0.4) is 0 Å². The van der Waals surface area contributed by atoms with Gasteiger partial charge in [0, 0.05) is 49.4 Å². The summed E-state index contributed by atoms with van der Waals surface area (Å²) in [6.07, 6.45) is 0. The molecular weight excluding hydrogens is 677 g/mol. The maximum atomic E-state index is 2.17. The van der Waals surface area contributed by atoms with Crippen LogP contribution in [0.1, 0.15) is 0 Å². The summed E-state index contributed by atoms with van der Waals surface area (Å²) in [5.74, 6) is 0. The fraction of sp³-hybridized carbons (Fsp3) is 0. The first-order chi connectivity index (χ1) is 19.3. The summed E-state index contributed by atoms with van der Waals surface area (Å²) < 4.78 is 0. The van der Waals surface area contributed by atoms with Gasteiger partial charge in [0.25, 0.3) is 0 Å². The van der Waals surface area contributed by atoms with Gasteiger partial charge in [0.05, 0.1) is 0 Å². The van der Waals surface area contributed by atoms with E-state index < -0.39 is 0 Å². The predicted molar refractivity (Wildman–Crippen MR) is 181 cm³/mol. The van der Waals surface area contributed by atoms with Crippen molar-refractivity contribution in [2.45, 2.75) is 0 Å². The summed E-state index contributed by atoms with van der Waals surface area (Å²) in [5, 5.41) is 8.38. The monoisotopic (exact) mass is 711 g/mol. The minimum atomic E-state index is 0. The summed E-state index contributed by atoms with van der Waals surface area (Å²) in [4.78, 5) is 0. The molecule has 1 radical (unpaired) electrons. The first kappa shape index (κ1) is 32.7. The molecule has 6 aromatic carbocycles. The molecule has 0 N–H and O–H groups in total. The van der Waals surface area contributed by atoms with E-state index in [1.54, 1.807) is 0 Å². The first-order valence-corrected chi connectivity index (χ1v) is 16.0. The number of rotatable bonds is 6. The molecule has 0 amide bonds. The van der Waals surface area contributed by atoms with Gasteiger partial charge in [0.15, 0.2) is 0 Å². The molecule has 0 saturated heterocycles.